The molecular formula is C23H15Cl2IN2O4. The van der Waals surface area contributed by atoms with Gasteiger partial charge in [-0.1, -0.05) is 29.3 Å². The molecule has 9 heteroatoms. The Kier molecular flexibility index (Phi) is 7.96. The molecule has 0 aliphatic heterocycles. The average Bonchev–Trinajstić information content (AvgIpc) is 2.77. The van der Waals surface area contributed by atoms with Crippen molar-refractivity contribution >= 4 is 63.1 Å². The van der Waals surface area contributed by atoms with E-state index in [1.54, 1.807) is 42.5 Å². The molecule has 162 valence electrons. The molecule has 0 N–H and O–H groups in total. The highest BCUT2D eigenvalue weighted by atomic mass is 127. The van der Waals surface area contributed by atoms with Crippen LogP contribution in [0.1, 0.15) is 16.7 Å². The van der Waals surface area contributed by atoms with Gasteiger partial charge in [0.15, 0.2) is 11.5 Å². The Balaban J connectivity index is 1.87. The van der Waals surface area contributed by atoms with E-state index in [-0.39, 0.29) is 12.3 Å². The molecule has 0 spiro atoms. The summed E-state index contributed by atoms with van der Waals surface area (Å²) < 4.78 is 12.2. The van der Waals surface area contributed by atoms with Crippen molar-refractivity contribution in [3.05, 3.63) is 95.0 Å². The first kappa shape index (κ1) is 23.9. The largest absolute Gasteiger partial charge is 0.493 e. The lowest BCUT2D eigenvalue weighted by Crippen LogP contribution is -2.00. The van der Waals surface area contributed by atoms with E-state index in [4.69, 9.17) is 32.7 Å². The van der Waals surface area contributed by atoms with Gasteiger partial charge in [-0.25, -0.2) is 0 Å². The predicted molar refractivity (Wildman–Crippen MR) is 133 cm³/mol. The Bertz CT molecular complexity index is 1240. The van der Waals surface area contributed by atoms with E-state index in [0.717, 1.165) is 14.7 Å². The van der Waals surface area contributed by atoms with E-state index in [2.05, 4.69) is 28.7 Å². The number of ether oxygens (including phenoxy) is 2. The third-order valence-electron chi connectivity index (χ3n) is 4.43. The van der Waals surface area contributed by atoms with Crippen LogP contribution in [0, 0.1) is 25.0 Å². The number of non-ortho nitro benzene ring substituents is 1. The zero-order valence-corrected chi connectivity index (χ0v) is 20.3. The van der Waals surface area contributed by atoms with Crippen LogP contribution in [0.15, 0.2) is 54.6 Å². The number of nitrogens with zero attached hydrogens (tertiary/aromatic N) is 2. The van der Waals surface area contributed by atoms with Gasteiger partial charge in [0.25, 0.3) is 5.69 Å². The highest BCUT2D eigenvalue weighted by Gasteiger charge is 2.14. The number of nitriles is 1. The van der Waals surface area contributed by atoms with Crippen molar-refractivity contribution in [2.24, 2.45) is 0 Å². The second-order valence-electron chi connectivity index (χ2n) is 6.54. The van der Waals surface area contributed by atoms with Crippen molar-refractivity contribution in [3.8, 4) is 17.6 Å². The van der Waals surface area contributed by atoms with Gasteiger partial charge in [0.05, 0.1) is 32.3 Å². The van der Waals surface area contributed by atoms with E-state index < -0.39 is 4.92 Å². The summed E-state index contributed by atoms with van der Waals surface area (Å²) in [6.45, 7) is 0.212. The van der Waals surface area contributed by atoms with Crippen LogP contribution in [-0.4, -0.2) is 12.0 Å². The van der Waals surface area contributed by atoms with Crippen molar-refractivity contribution in [2.75, 3.05) is 7.11 Å². The fourth-order valence-electron chi connectivity index (χ4n) is 2.88. The summed E-state index contributed by atoms with van der Waals surface area (Å²) in [5.74, 6) is 1.02. The van der Waals surface area contributed by atoms with Crippen LogP contribution < -0.4 is 9.47 Å². The van der Waals surface area contributed by atoms with Gasteiger partial charge in [-0.15, -0.1) is 0 Å². The lowest BCUT2D eigenvalue weighted by Gasteiger charge is -2.14. The first-order valence-corrected chi connectivity index (χ1v) is 11.0. The molecule has 0 amide bonds. The number of nitro benzene ring substituents is 1. The molecule has 0 unspecified atom stereocenters. The van der Waals surface area contributed by atoms with Crippen molar-refractivity contribution in [3.63, 3.8) is 0 Å². The highest BCUT2D eigenvalue weighted by Crippen LogP contribution is 2.36. The van der Waals surface area contributed by atoms with Crippen molar-refractivity contribution in [1.29, 1.82) is 5.26 Å². The molecule has 3 aromatic rings. The second-order valence-corrected chi connectivity index (χ2v) is 8.55. The van der Waals surface area contributed by atoms with Gasteiger partial charge < -0.3 is 9.47 Å². The smallest absolute Gasteiger partial charge is 0.269 e. The molecule has 0 aromatic heterocycles. The number of nitro groups is 1. The third-order valence-corrected chi connectivity index (χ3v) is 5.78. The Morgan fingerprint density at radius 3 is 2.50 bits per heavy atom. The topological polar surface area (TPSA) is 85.4 Å². The standard InChI is InChI=1S/C23H15Cl2IN2O4/c1-31-22-10-15(8-16(12-27)19-7-4-17(24)11-20(19)25)9-21(26)23(22)32-13-14-2-5-18(6-3-14)28(29)30/h2-11H,13H2,1H3/b16-8+. The van der Waals surface area contributed by atoms with E-state index >= 15 is 0 Å². The van der Waals surface area contributed by atoms with Gasteiger partial charge >= 0.3 is 0 Å². The summed E-state index contributed by atoms with van der Waals surface area (Å²) in [4.78, 5) is 10.3. The first-order valence-electron chi connectivity index (χ1n) is 9.13. The molecule has 0 bridgehead atoms. The van der Waals surface area contributed by atoms with Gasteiger partial charge in [-0.3, -0.25) is 10.1 Å². The molecule has 0 radical (unpaired) electrons. The fourth-order valence-corrected chi connectivity index (χ4v) is 4.17. The van der Waals surface area contributed by atoms with Gasteiger partial charge in [0, 0.05) is 22.7 Å². The Morgan fingerprint density at radius 1 is 1.19 bits per heavy atom. The third kappa shape index (κ3) is 5.71. The van der Waals surface area contributed by atoms with Crippen LogP contribution in [0.4, 0.5) is 5.69 Å². The zero-order valence-electron chi connectivity index (χ0n) is 16.6. The molecule has 6 nitrogen and oxygen atoms in total. The molecule has 3 rings (SSSR count). The van der Waals surface area contributed by atoms with Crippen LogP contribution >= 0.6 is 45.8 Å². The number of allylic oxidation sites excluding steroid dienone is 1. The monoisotopic (exact) mass is 580 g/mol. The minimum absolute atomic E-state index is 0.0196. The van der Waals surface area contributed by atoms with E-state index in [9.17, 15) is 15.4 Å². The number of hydrogen-bond acceptors (Lipinski definition) is 5. The summed E-state index contributed by atoms with van der Waals surface area (Å²) in [5.41, 5.74) is 2.49. The van der Waals surface area contributed by atoms with Gasteiger partial charge in [0.1, 0.15) is 6.61 Å². The molecule has 0 aliphatic rings. The number of rotatable bonds is 7. The molecule has 3 aromatic carbocycles. The summed E-state index contributed by atoms with van der Waals surface area (Å²) in [5, 5.41) is 21.3. The minimum Gasteiger partial charge on any atom is -0.493 e. The first-order chi connectivity index (χ1) is 15.3. The van der Waals surface area contributed by atoms with Crippen LogP contribution in [0.25, 0.3) is 11.6 Å². The minimum atomic E-state index is -0.449. The molecule has 0 saturated carbocycles. The highest BCUT2D eigenvalue weighted by molar-refractivity contribution is 14.1. The lowest BCUT2D eigenvalue weighted by atomic mass is 10.0. The SMILES string of the molecule is COc1cc(/C=C(\C#N)c2ccc(Cl)cc2Cl)cc(I)c1OCc1ccc([N+](=O)[O-])cc1. The normalized spacial score (nSPS) is 11.0. The Labute approximate surface area is 208 Å². The molecule has 0 atom stereocenters. The molecule has 0 fully saturated rings. The fraction of sp³-hybridized carbons (Fsp3) is 0.0870. The van der Waals surface area contributed by atoms with E-state index in [1.165, 1.54) is 19.2 Å². The quantitative estimate of drug-likeness (QED) is 0.0973. The van der Waals surface area contributed by atoms with Crippen LogP contribution in [0.2, 0.25) is 10.0 Å². The van der Waals surface area contributed by atoms with Crippen LogP contribution in [0.5, 0.6) is 11.5 Å². The maximum Gasteiger partial charge on any atom is 0.269 e. The number of methoxy groups -OCH3 is 1. The average molecular weight is 581 g/mol. The maximum atomic E-state index is 10.8. The molecular weight excluding hydrogens is 566 g/mol. The summed E-state index contributed by atoms with van der Waals surface area (Å²) >= 11 is 14.3. The van der Waals surface area contributed by atoms with Crippen molar-refractivity contribution < 1.29 is 14.4 Å². The van der Waals surface area contributed by atoms with Crippen molar-refractivity contribution in [1.82, 2.24) is 0 Å². The summed E-state index contributed by atoms with van der Waals surface area (Å²) in [7, 11) is 1.53. The van der Waals surface area contributed by atoms with Crippen LogP contribution in [-0.2, 0) is 6.61 Å². The zero-order chi connectivity index (χ0) is 23.3. The molecule has 32 heavy (non-hydrogen) atoms. The lowest BCUT2D eigenvalue weighted by molar-refractivity contribution is -0.384. The van der Waals surface area contributed by atoms with Crippen LogP contribution in [0.3, 0.4) is 0 Å². The number of hydrogen-bond donors (Lipinski definition) is 0. The second kappa shape index (κ2) is 10.7. The Hall–Kier alpha value is -2.80. The number of halogens is 3. The summed E-state index contributed by atoms with van der Waals surface area (Å²) in [6, 6.07) is 16.9. The Morgan fingerprint density at radius 2 is 1.91 bits per heavy atom. The van der Waals surface area contributed by atoms with Gasteiger partial charge in [-0.2, -0.15) is 5.26 Å². The molecule has 0 saturated heterocycles. The van der Waals surface area contributed by atoms with Gasteiger partial charge in [0.2, 0.25) is 0 Å². The van der Waals surface area contributed by atoms with E-state index in [1.807, 2.05) is 6.07 Å². The predicted octanol–water partition coefficient (Wildman–Crippen LogP) is 7.16. The van der Waals surface area contributed by atoms with E-state index in [0.29, 0.717) is 32.7 Å². The maximum absolute atomic E-state index is 10.8. The van der Waals surface area contributed by atoms with Crippen molar-refractivity contribution in [2.45, 2.75) is 6.61 Å². The molecule has 0 aliphatic carbocycles. The summed E-state index contributed by atoms with van der Waals surface area (Å²) in [6.07, 6.45) is 1.71. The van der Waals surface area contributed by atoms with Gasteiger partial charge in [-0.05, 0) is 76.2 Å². The molecule has 0 heterocycles. The number of benzene rings is 3.